The van der Waals surface area contributed by atoms with Crippen LogP contribution in [0.3, 0.4) is 0 Å². The molecule has 0 amide bonds. The van der Waals surface area contributed by atoms with Gasteiger partial charge in [-0.3, -0.25) is 0 Å². The van der Waals surface area contributed by atoms with E-state index >= 15 is 0 Å². The first-order valence-electron chi connectivity index (χ1n) is 17.0. The van der Waals surface area contributed by atoms with Gasteiger partial charge in [0.05, 0.1) is 0 Å². The van der Waals surface area contributed by atoms with Crippen LogP contribution < -0.4 is 10.4 Å². The van der Waals surface area contributed by atoms with Crippen molar-refractivity contribution in [2.24, 2.45) is 0 Å². The van der Waals surface area contributed by atoms with E-state index < -0.39 is 16.6 Å². The van der Waals surface area contributed by atoms with E-state index in [4.69, 9.17) is 0 Å². The Labute approximate surface area is 273 Å². The highest BCUT2D eigenvalue weighted by molar-refractivity contribution is 7.39. The van der Waals surface area contributed by atoms with Crippen molar-refractivity contribution in [3.63, 3.8) is 0 Å². The van der Waals surface area contributed by atoms with Gasteiger partial charge >= 0.3 is 0 Å². The third-order valence-corrected chi connectivity index (χ3v) is 16.4. The lowest BCUT2D eigenvalue weighted by atomic mass is 9.89. The van der Waals surface area contributed by atoms with Gasteiger partial charge in [0.15, 0.2) is 16.6 Å². The summed E-state index contributed by atoms with van der Waals surface area (Å²) in [5.41, 5.74) is 19.8. The lowest BCUT2D eigenvalue weighted by Gasteiger charge is -2.31. The molecule has 0 spiro atoms. The molecule has 1 aliphatic rings. The average molecular weight is 615 g/mol. The second kappa shape index (κ2) is 14.5. The van der Waals surface area contributed by atoms with Crippen LogP contribution in [0.15, 0.2) is 48.5 Å². The van der Waals surface area contributed by atoms with E-state index in [1.165, 1.54) is 44.5 Å². The van der Waals surface area contributed by atoms with E-state index in [1.807, 2.05) is 0 Å². The quantitative estimate of drug-likeness (QED) is 0.175. The Morgan fingerprint density at radius 3 is 1.00 bits per heavy atom. The van der Waals surface area contributed by atoms with Crippen molar-refractivity contribution in [2.75, 3.05) is 0 Å². The van der Waals surface area contributed by atoms with Gasteiger partial charge in [-0.1, -0.05) is 132 Å². The average Bonchev–Trinajstić information content (AvgIpc) is 2.97. The lowest BCUT2D eigenvalue weighted by Crippen LogP contribution is -2.56. The minimum Gasteiger partial charge on any atom is -0.129 e. The molecule has 0 aliphatic carbocycles. The predicted octanol–water partition coefficient (Wildman–Crippen LogP) is 9.49. The Balaban J connectivity index is 2.15. The third kappa shape index (κ3) is 7.36. The van der Waals surface area contributed by atoms with Crippen molar-refractivity contribution >= 4 is 27.0 Å². The first-order valence-corrected chi connectivity index (χ1v) is 21.0. The molecule has 0 saturated carbocycles. The smallest absolute Gasteiger partial charge is 0.129 e. The molecule has 4 rings (SSSR count). The van der Waals surface area contributed by atoms with E-state index in [0.717, 1.165) is 12.8 Å². The van der Waals surface area contributed by atoms with Crippen LogP contribution in [0.25, 0.3) is 0 Å². The maximum atomic E-state index is 4.10. The van der Waals surface area contributed by atoms with E-state index in [1.54, 1.807) is 10.4 Å². The van der Waals surface area contributed by atoms with Gasteiger partial charge in [0.1, 0.15) is 0 Å². The first kappa shape index (κ1) is 34.1. The molecule has 0 atom stereocenters. The number of fused-ring (bicyclic) bond motifs is 1. The van der Waals surface area contributed by atoms with Crippen molar-refractivity contribution in [1.82, 2.24) is 0 Å². The van der Waals surface area contributed by atoms with E-state index in [2.05, 4.69) is 155 Å². The fourth-order valence-electron chi connectivity index (χ4n) is 6.35. The zero-order valence-electron chi connectivity index (χ0n) is 29.5. The molecule has 0 unspecified atom stereocenters. The molecule has 3 aromatic rings. The van der Waals surface area contributed by atoms with Gasteiger partial charge in [0, 0.05) is 12.8 Å². The van der Waals surface area contributed by atoms with Crippen LogP contribution in [0.4, 0.5) is 0 Å². The van der Waals surface area contributed by atoms with Crippen LogP contribution in [0.2, 0.25) is 0 Å². The van der Waals surface area contributed by atoms with Crippen LogP contribution in [-0.4, -0.2) is 16.6 Å². The maximum Gasteiger partial charge on any atom is 0.187 e. The summed E-state index contributed by atoms with van der Waals surface area (Å²) in [6, 6.07) is 18.9. The highest BCUT2D eigenvalue weighted by atomic mass is 29.2. The molecular weight excluding hydrogens is 561 g/mol. The van der Waals surface area contributed by atoms with Gasteiger partial charge in [-0.25, -0.2) is 0 Å². The van der Waals surface area contributed by atoms with E-state index in [9.17, 15) is 0 Å². The van der Waals surface area contributed by atoms with Crippen molar-refractivity contribution in [3.8, 4) is 22.9 Å². The summed E-state index contributed by atoms with van der Waals surface area (Å²) in [5, 5.41) is 3.15. The van der Waals surface area contributed by atoms with Crippen LogP contribution in [0.5, 0.6) is 0 Å². The topological polar surface area (TPSA) is 0 Å². The molecule has 2 heteroatoms. The van der Waals surface area contributed by atoms with Gasteiger partial charge in [-0.05, 0) is 90.4 Å². The molecule has 0 N–H and O–H groups in total. The number of hydrogen-bond acceptors (Lipinski definition) is 0. The molecule has 0 aromatic heterocycles. The fraction of sp³-hybridized carbons (Fsp3) is 0.476. The van der Waals surface area contributed by atoms with Gasteiger partial charge < -0.3 is 0 Å². The zero-order chi connectivity index (χ0) is 32.3. The highest BCUT2D eigenvalue weighted by Crippen LogP contribution is 2.30. The Kier molecular flexibility index (Phi) is 11.3. The minimum absolute atomic E-state index is 0.435. The molecule has 230 valence electrons. The summed E-state index contributed by atoms with van der Waals surface area (Å²) >= 11 is 0. The zero-order valence-corrected chi connectivity index (χ0v) is 31.5. The lowest BCUT2D eigenvalue weighted by molar-refractivity contribution is 0.812. The van der Waals surface area contributed by atoms with Gasteiger partial charge in [0.2, 0.25) is 0 Å². The highest BCUT2D eigenvalue weighted by Gasteiger charge is 2.37. The Morgan fingerprint density at radius 1 is 0.455 bits per heavy atom. The Bertz CT molecular complexity index is 1420. The summed E-state index contributed by atoms with van der Waals surface area (Å²) < 4.78 is 0. The van der Waals surface area contributed by atoms with Crippen LogP contribution in [-0.2, 0) is 12.8 Å². The predicted molar refractivity (Wildman–Crippen MR) is 198 cm³/mol. The number of rotatable bonds is 8. The van der Waals surface area contributed by atoms with Crippen molar-refractivity contribution in [2.45, 2.75) is 131 Å². The number of hydrogen-bond donors (Lipinski definition) is 0. The third-order valence-electron chi connectivity index (χ3n) is 9.12. The van der Waals surface area contributed by atoms with Gasteiger partial charge in [0.25, 0.3) is 0 Å². The number of benzene rings is 3. The largest absolute Gasteiger partial charge is 0.187 e. The maximum absolute atomic E-state index is 4.10. The molecule has 0 nitrogen and oxygen atoms in total. The molecule has 3 aromatic carbocycles. The van der Waals surface area contributed by atoms with Crippen molar-refractivity contribution in [3.05, 3.63) is 93.0 Å². The molecule has 1 aliphatic heterocycles. The molecular formula is C42H54Si2. The summed E-state index contributed by atoms with van der Waals surface area (Å²) in [7, 11) is -2.76. The summed E-state index contributed by atoms with van der Waals surface area (Å²) in [6.45, 7) is 28.4. The Morgan fingerprint density at radius 2 is 0.750 bits per heavy atom. The Hall–Kier alpha value is -2.79. The standard InChI is InChI=1S/C42H54Si2/c1-27(2)35-23-37(29(5)6)41(38(24-35)30(7)8)43-21-15-19-33-17-13-14-18-34(33)20-16-22-44(43)42-39(31(9)10)25-36(28(3)4)26-40(42)32(11)12/h13-14,17-18,23-32H,19-20H2,1-12H3. The van der Waals surface area contributed by atoms with E-state index in [0.29, 0.717) is 35.5 Å². The SMILES string of the molecule is CC(C)c1cc(C(C)C)c([Si]2C#CCc3ccccc3CC#C[Si]2c2c(C(C)C)cc(C(C)C)cc2C(C)C)c(C(C)C)c1. The van der Waals surface area contributed by atoms with Crippen molar-refractivity contribution < 1.29 is 0 Å². The minimum atomic E-state index is -1.38. The van der Waals surface area contributed by atoms with E-state index in [-0.39, 0.29) is 0 Å². The normalized spacial score (nSPS) is 14.3. The molecule has 44 heavy (non-hydrogen) atoms. The van der Waals surface area contributed by atoms with Crippen molar-refractivity contribution in [1.29, 1.82) is 0 Å². The molecule has 0 bridgehead atoms. The summed E-state index contributed by atoms with van der Waals surface area (Å²) in [5.74, 6) is 10.4. The molecule has 2 radical (unpaired) electrons. The summed E-state index contributed by atoms with van der Waals surface area (Å²) in [6.07, 6.45) is 1.61. The molecule has 0 saturated heterocycles. The first-order chi connectivity index (χ1) is 20.8. The molecule has 0 fully saturated rings. The summed E-state index contributed by atoms with van der Waals surface area (Å²) in [4.78, 5) is 0. The fourth-order valence-corrected chi connectivity index (χ4v) is 15.0. The van der Waals surface area contributed by atoms with Crippen LogP contribution >= 0.6 is 0 Å². The second-order valence-electron chi connectivity index (χ2n) is 14.6. The van der Waals surface area contributed by atoms with Crippen LogP contribution in [0.1, 0.15) is 163 Å². The van der Waals surface area contributed by atoms with Crippen LogP contribution in [0, 0.1) is 22.9 Å². The van der Waals surface area contributed by atoms with Gasteiger partial charge in [-0.2, -0.15) is 0 Å². The second-order valence-corrected chi connectivity index (χ2v) is 20.6. The molecule has 1 heterocycles. The van der Waals surface area contributed by atoms with Gasteiger partial charge in [-0.15, -0.1) is 22.9 Å². The monoisotopic (exact) mass is 614 g/mol.